The van der Waals surface area contributed by atoms with Gasteiger partial charge in [0.05, 0.1) is 0 Å². The van der Waals surface area contributed by atoms with Crippen LogP contribution in [0.4, 0.5) is 0 Å². The van der Waals surface area contributed by atoms with Gasteiger partial charge in [0, 0.05) is 5.66 Å². The van der Waals surface area contributed by atoms with Crippen molar-refractivity contribution in [3.05, 3.63) is 23.0 Å². The zero-order valence-electron chi connectivity index (χ0n) is 20.6. The molecule has 0 aromatic rings. The van der Waals surface area contributed by atoms with Gasteiger partial charge in [-0.1, -0.05) is 115 Å². The summed E-state index contributed by atoms with van der Waals surface area (Å²) in [4.78, 5) is 0. The third kappa shape index (κ3) is 5.78. The Kier molecular flexibility index (Phi) is 8.16. The molecule has 0 aliphatic heterocycles. The quantitative estimate of drug-likeness (QED) is 0.378. The van der Waals surface area contributed by atoms with E-state index >= 15 is 0 Å². The molecule has 1 atom stereocenters. The van der Waals surface area contributed by atoms with Crippen molar-refractivity contribution in [2.75, 3.05) is 0 Å². The lowest BCUT2D eigenvalue weighted by molar-refractivity contribution is 0.485. The van der Waals surface area contributed by atoms with E-state index in [0.29, 0.717) is 10.3 Å². The first-order chi connectivity index (χ1) is 13.6. The summed E-state index contributed by atoms with van der Waals surface area (Å²) in [7, 11) is -0.0389. The topological polar surface area (TPSA) is 0 Å². The van der Waals surface area contributed by atoms with Gasteiger partial charge in [-0.3, -0.25) is 0 Å². The minimum atomic E-state index is -0.100. The van der Waals surface area contributed by atoms with E-state index in [0.717, 1.165) is 17.0 Å². The second-order valence-corrected chi connectivity index (χ2v) is 18.9. The molecule has 0 bridgehead atoms. The second kappa shape index (κ2) is 9.86. The highest BCUT2D eigenvalue weighted by molar-refractivity contribution is 7.64. The molecule has 2 saturated carbocycles. The van der Waals surface area contributed by atoms with Gasteiger partial charge in [0.2, 0.25) is 0 Å². The van der Waals surface area contributed by atoms with E-state index < -0.39 is 0 Å². The van der Waals surface area contributed by atoms with Gasteiger partial charge in [-0.2, -0.15) is 0 Å². The average Bonchev–Trinajstić information content (AvgIpc) is 3.11. The molecule has 0 radical (unpaired) electrons. The van der Waals surface area contributed by atoms with Crippen LogP contribution in [0.15, 0.2) is 23.0 Å². The summed E-state index contributed by atoms with van der Waals surface area (Å²) in [6, 6.07) is 0. The molecule has 29 heavy (non-hydrogen) atoms. The fraction of sp³-hybridized carbons (Fsp3) is 0.852. The average molecular weight is 435 g/mol. The fourth-order valence-electron chi connectivity index (χ4n) is 6.91. The van der Waals surface area contributed by atoms with Gasteiger partial charge >= 0.3 is 0 Å². The zero-order valence-corrected chi connectivity index (χ0v) is 22.3. The predicted octanol–water partition coefficient (Wildman–Crippen LogP) is 9.82. The normalized spacial score (nSPS) is 24.2. The lowest BCUT2D eigenvalue weighted by atomic mass is 9.99. The first-order valence-electron chi connectivity index (χ1n) is 12.6. The fourth-order valence-corrected chi connectivity index (χ4v) is 16.1. The van der Waals surface area contributed by atoms with E-state index in [1.165, 1.54) is 70.6 Å². The van der Waals surface area contributed by atoms with E-state index in [2.05, 4.69) is 60.6 Å². The lowest BCUT2D eigenvalue weighted by Gasteiger charge is -2.47. The molecule has 0 nitrogen and oxygen atoms in total. The molecule has 0 aromatic heterocycles. The monoisotopic (exact) mass is 434 g/mol. The first kappa shape index (κ1) is 24.0. The van der Waals surface area contributed by atoms with Crippen molar-refractivity contribution < 1.29 is 0 Å². The smallest absolute Gasteiger partial charge is 0.00260 e. The van der Waals surface area contributed by atoms with Crippen molar-refractivity contribution in [3.63, 3.8) is 0 Å². The van der Waals surface area contributed by atoms with Crippen LogP contribution in [-0.4, -0.2) is 27.3 Å². The van der Waals surface area contributed by atoms with Crippen LogP contribution in [0.3, 0.4) is 0 Å². The summed E-state index contributed by atoms with van der Waals surface area (Å²) in [5.41, 5.74) is 4.61. The van der Waals surface area contributed by atoms with Crippen molar-refractivity contribution in [3.8, 4) is 0 Å². The molecule has 3 aliphatic rings. The SMILES string of the molecule is C[C@H](C1=C(P(C2CCCCC2)C2CCCCC2)CC=C1)P(C(C)(C)C)C(C)(C)C. The molecule has 0 unspecified atom stereocenters. The number of hydrogen-bond acceptors (Lipinski definition) is 0. The molecule has 3 rings (SSSR count). The van der Waals surface area contributed by atoms with Crippen LogP contribution in [0, 0.1) is 0 Å². The standard InChI is InChI=1S/C27H48P2/c1-21(29(26(2,3)4)27(5,6)7)24-19-14-20-25(24)28(22-15-10-8-11-16-22)23-17-12-9-13-18-23/h14,19,21-23H,8-13,15-18,20H2,1-7H3/t21-/m1/s1. The maximum Gasteiger partial charge on any atom is 0.00260 e. The Morgan fingerprint density at radius 3 is 1.62 bits per heavy atom. The Hall–Kier alpha value is 0.340. The maximum absolute atomic E-state index is 2.60. The van der Waals surface area contributed by atoms with E-state index in [1.54, 1.807) is 0 Å². The van der Waals surface area contributed by atoms with Gasteiger partial charge in [0.25, 0.3) is 0 Å². The van der Waals surface area contributed by atoms with Gasteiger partial charge in [0.15, 0.2) is 0 Å². The third-order valence-corrected chi connectivity index (χ3v) is 15.1. The van der Waals surface area contributed by atoms with E-state index in [9.17, 15) is 0 Å². The molecule has 0 saturated heterocycles. The summed E-state index contributed by atoms with van der Waals surface area (Å²) in [6.45, 7) is 17.6. The van der Waals surface area contributed by atoms with Crippen LogP contribution in [-0.2, 0) is 0 Å². The number of hydrogen-bond donors (Lipinski definition) is 0. The molecule has 0 N–H and O–H groups in total. The molecular weight excluding hydrogens is 386 g/mol. The van der Waals surface area contributed by atoms with E-state index in [1.807, 2.05) is 10.9 Å². The van der Waals surface area contributed by atoms with Crippen LogP contribution in [0.1, 0.15) is 119 Å². The van der Waals surface area contributed by atoms with Crippen LogP contribution >= 0.6 is 15.8 Å². The van der Waals surface area contributed by atoms with Crippen molar-refractivity contribution >= 4 is 15.8 Å². The summed E-state index contributed by atoms with van der Waals surface area (Å²) >= 11 is 0. The Bertz CT molecular complexity index is 557. The molecule has 0 spiro atoms. The lowest BCUT2D eigenvalue weighted by Crippen LogP contribution is -2.31. The summed E-state index contributed by atoms with van der Waals surface area (Å²) in [5.74, 6) is 0. The van der Waals surface area contributed by atoms with Gasteiger partial charge in [0.1, 0.15) is 0 Å². The summed E-state index contributed by atoms with van der Waals surface area (Å²) < 4.78 is 0. The largest absolute Gasteiger partial charge is 0.0882 e. The van der Waals surface area contributed by atoms with Crippen molar-refractivity contribution in [1.82, 2.24) is 0 Å². The zero-order chi connectivity index (χ0) is 21.2. The number of rotatable bonds is 5. The van der Waals surface area contributed by atoms with Crippen LogP contribution in [0.5, 0.6) is 0 Å². The highest BCUT2D eigenvalue weighted by Crippen LogP contribution is 2.68. The third-order valence-electron chi connectivity index (χ3n) is 7.47. The van der Waals surface area contributed by atoms with Gasteiger partial charge in [-0.15, -0.1) is 0 Å². The van der Waals surface area contributed by atoms with Crippen molar-refractivity contribution in [2.45, 2.75) is 146 Å². The second-order valence-electron chi connectivity index (χ2n) is 11.9. The van der Waals surface area contributed by atoms with E-state index in [-0.39, 0.29) is 15.8 Å². The molecule has 2 fully saturated rings. The molecule has 0 heterocycles. The minimum absolute atomic E-state index is 0.0611. The van der Waals surface area contributed by atoms with Crippen LogP contribution < -0.4 is 0 Å². The molecule has 0 aromatic carbocycles. The Labute approximate surface area is 185 Å². The van der Waals surface area contributed by atoms with Gasteiger partial charge in [-0.05, 0) is 64.6 Å². The molecule has 2 heteroatoms. The molecule has 3 aliphatic carbocycles. The Balaban J connectivity index is 1.97. The summed E-state index contributed by atoms with van der Waals surface area (Å²) in [6.07, 6.45) is 21.5. The Morgan fingerprint density at radius 2 is 1.21 bits per heavy atom. The molecule has 166 valence electrons. The predicted molar refractivity (Wildman–Crippen MR) is 137 cm³/mol. The van der Waals surface area contributed by atoms with Crippen LogP contribution in [0.25, 0.3) is 0 Å². The van der Waals surface area contributed by atoms with Gasteiger partial charge in [-0.25, -0.2) is 0 Å². The van der Waals surface area contributed by atoms with Crippen LogP contribution in [0.2, 0.25) is 0 Å². The number of allylic oxidation sites excluding steroid dienone is 4. The van der Waals surface area contributed by atoms with Crippen molar-refractivity contribution in [2.24, 2.45) is 0 Å². The minimum Gasteiger partial charge on any atom is -0.0882 e. The summed E-state index contributed by atoms with van der Waals surface area (Å²) in [5, 5.41) is 2.77. The van der Waals surface area contributed by atoms with Gasteiger partial charge < -0.3 is 0 Å². The Morgan fingerprint density at radius 1 is 0.759 bits per heavy atom. The van der Waals surface area contributed by atoms with E-state index in [4.69, 9.17) is 0 Å². The van der Waals surface area contributed by atoms with Crippen molar-refractivity contribution in [1.29, 1.82) is 0 Å². The highest BCUT2D eigenvalue weighted by Gasteiger charge is 2.42. The molecular formula is C27H48P2. The molecule has 0 amide bonds. The highest BCUT2D eigenvalue weighted by atomic mass is 31.1. The first-order valence-corrected chi connectivity index (χ1v) is 15.5. The maximum atomic E-state index is 2.60.